The van der Waals surface area contributed by atoms with E-state index in [2.05, 4.69) is 4.72 Å². The Kier molecular flexibility index (Phi) is 7.52. The van der Waals surface area contributed by atoms with E-state index < -0.39 is 10.0 Å². The average molecular weight is 258 g/mol. The van der Waals surface area contributed by atoms with E-state index in [0.717, 1.165) is 0 Å². The highest BCUT2D eigenvalue weighted by molar-refractivity contribution is 7.89. The molecule has 0 saturated carbocycles. The maximum absolute atomic E-state index is 11.5. The largest absolute Gasteiger partial charge is 0.396 e. The molecule has 6 heteroatoms. The number of aliphatic hydroxyl groups is 1. The van der Waals surface area contributed by atoms with Gasteiger partial charge in [0.1, 0.15) is 0 Å². The second-order valence-electron chi connectivity index (χ2n) is 3.93. The average Bonchev–Trinajstić information content (AvgIpc) is 2.12. The van der Waals surface area contributed by atoms with E-state index in [1.165, 1.54) is 0 Å². The number of aliphatic hydroxyl groups excluding tert-OH is 1. The fraction of sp³-hybridized carbons (Fsp3) is 1.00. The highest BCUT2D eigenvalue weighted by atomic mass is 35.5. The van der Waals surface area contributed by atoms with Crippen molar-refractivity contribution in [1.29, 1.82) is 0 Å². The van der Waals surface area contributed by atoms with Crippen LogP contribution in [0.5, 0.6) is 0 Å². The molecule has 0 spiro atoms. The minimum atomic E-state index is -3.24. The molecule has 0 aliphatic rings. The zero-order chi connectivity index (χ0) is 11.9. The van der Waals surface area contributed by atoms with Crippen molar-refractivity contribution in [1.82, 2.24) is 4.72 Å². The SMILES string of the molecule is CC(CCl)CS(=O)(=O)NC(C)CCCO. The van der Waals surface area contributed by atoms with E-state index in [0.29, 0.717) is 18.7 Å². The number of nitrogens with one attached hydrogen (secondary N) is 1. The quantitative estimate of drug-likeness (QED) is 0.636. The molecule has 0 fully saturated rings. The Morgan fingerprint density at radius 1 is 1.40 bits per heavy atom. The predicted octanol–water partition coefficient (Wildman–Crippen LogP) is 0.942. The van der Waals surface area contributed by atoms with Gasteiger partial charge in [-0.15, -0.1) is 11.6 Å². The van der Waals surface area contributed by atoms with Crippen molar-refractivity contribution in [2.75, 3.05) is 18.2 Å². The summed E-state index contributed by atoms with van der Waals surface area (Å²) >= 11 is 5.55. The third-order valence-electron chi connectivity index (χ3n) is 1.94. The van der Waals surface area contributed by atoms with Gasteiger partial charge in [0.25, 0.3) is 0 Å². The van der Waals surface area contributed by atoms with E-state index >= 15 is 0 Å². The van der Waals surface area contributed by atoms with Gasteiger partial charge in [0.2, 0.25) is 10.0 Å². The summed E-state index contributed by atoms with van der Waals surface area (Å²) in [6.45, 7) is 3.67. The number of hydrogen-bond acceptors (Lipinski definition) is 3. The number of halogens is 1. The van der Waals surface area contributed by atoms with Gasteiger partial charge in [0.15, 0.2) is 0 Å². The van der Waals surface area contributed by atoms with Crippen LogP contribution in [0, 0.1) is 5.92 Å². The van der Waals surface area contributed by atoms with Gasteiger partial charge in [-0.2, -0.15) is 0 Å². The third-order valence-corrected chi connectivity index (χ3v) is 4.24. The molecule has 0 aromatic carbocycles. The predicted molar refractivity (Wildman–Crippen MR) is 62.6 cm³/mol. The number of hydrogen-bond donors (Lipinski definition) is 2. The Balaban J connectivity index is 4.02. The first-order chi connectivity index (χ1) is 6.91. The molecule has 0 saturated heterocycles. The van der Waals surface area contributed by atoms with Crippen LogP contribution in [-0.4, -0.2) is 37.8 Å². The molecular formula is C9H20ClNO3S. The van der Waals surface area contributed by atoms with Crippen molar-refractivity contribution >= 4 is 21.6 Å². The summed E-state index contributed by atoms with van der Waals surface area (Å²) < 4.78 is 25.6. The molecular weight excluding hydrogens is 238 g/mol. The molecule has 0 amide bonds. The van der Waals surface area contributed by atoms with Crippen LogP contribution in [0.1, 0.15) is 26.7 Å². The second-order valence-corrected chi connectivity index (χ2v) is 6.03. The molecule has 2 N–H and O–H groups in total. The first-order valence-corrected chi connectivity index (χ1v) is 7.26. The van der Waals surface area contributed by atoms with Crippen LogP contribution < -0.4 is 4.72 Å². The van der Waals surface area contributed by atoms with Crippen molar-refractivity contribution in [3.8, 4) is 0 Å². The smallest absolute Gasteiger partial charge is 0.212 e. The molecule has 0 radical (unpaired) electrons. The summed E-state index contributed by atoms with van der Waals surface area (Å²) in [7, 11) is -3.24. The summed E-state index contributed by atoms with van der Waals surface area (Å²) in [5, 5.41) is 8.60. The van der Waals surface area contributed by atoms with Crippen LogP contribution in [0.25, 0.3) is 0 Å². The number of sulfonamides is 1. The van der Waals surface area contributed by atoms with Gasteiger partial charge in [-0.25, -0.2) is 13.1 Å². The second kappa shape index (κ2) is 7.44. The van der Waals surface area contributed by atoms with Gasteiger partial charge in [-0.1, -0.05) is 6.92 Å². The standard InChI is InChI=1S/C9H20ClNO3S/c1-8(6-10)7-15(13,14)11-9(2)4-3-5-12/h8-9,11-12H,3-7H2,1-2H3. The Morgan fingerprint density at radius 2 is 2.00 bits per heavy atom. The number of alkyl halides is 1. The van der Waals surface area contributed by atoms with Crippen LogP contribution in [0.2, 0.25) is 0 Å². The van der Waals surface area contributed by atoms with Gasteiger partial charge in [0, 0.05) is 18.5 Å². The Morgan fingerprint density at radius 3 is 2.47 bits per heavy atom. The molecule has 2 atom stereocenters. The van der Waals surface area contributed by atoms with Gasteiger partial charge in [-0.05, 0) is 25.7 Å². The lowest BCUT2D eigenvalue weighted by atomic mass is 10.2. The monoisotopic (exact) mass is 257 g/mol. The maximum Gasteiger partial charge on any atom is 0.212 e. The lowest BCUT2D eigenvalue weighted by molar-refractivity contribution is 0.279. The molecule has 15 heavy (non-hydrogen) atoms. The Hall–Kier alpha value is 0.160. The molecule has 4 nitrogen and oxygen atoms in total. The summed E-state index contributed by atoms with van der Waals surface area (Å²) in [6, 6.07) is -0.135. The van der Waals surface area contributed by atoms with Gasteiger partial charge >= 0.3 is 0 Å². The number of rotatable bonds is 8. The van der Waals surface area contributed by atoms with Crippen molar-refractivity contribution in [3.05, 3.63) is 0 Å². The lowest BCUT2D eigenvalue weighted by Gasteiger charge is -2.15. The van der Waals surface area contributed by atoms with E-state index in [1.807, 2.05) is 0 Å². The minimum Gasteiger partial charge on any atom is -0.396 e. The minimum absolute atomic E-state index is 0.0470. The van der Waals surface area contributed by atoms with Gasteiger partial charge < -0.3 is 5.11 Å². The lowest BCUT2D eigenvalue weighted by Crippen LogP contribution is -2.36. The maximum atomic E-state index is 11.5. The molecule has 2 unspecified atom stereocenters. The van der Waals surface area contributed by atoms with Crippen molar-refractivity contribution in [2.24, 2.45) is 5.92 Å². The Labute approximate surface area is 97.1 Å². The van der Waals surface area contributed by atoms with Crippen molar-refractivity contribution in [2.45, 2.75) is 32.7 Å². The topological polar surface area (TPSA) is 66.4 Å². The molecule has 0 aliphatic carbocycles. The van der Waals surface area contributed by atoms with Crippen LogP contribution in [0.15, 0.2) is 0 Å². The first-order valence-electron chi connectivity index (χ1n) is 5.08. The van der Waals surface area contributed by atoms with E-state index in [1.54, 1.807) is 13.8 Å². The van der Waals surface area contributed by atoms with Gasteiger partial charge in [-0.3, -0.25) is 0 Å². The van der Waals surface area contributed by atoms with Gasteiger partial charge in [0.05, 0.1) is 5.75 Å². The molecule has 0 aromatic heterocycles. The van der Waals surface area contributed by atoms with Crippen LogP contribution in [0.4, 0.5) is 0 Å². The van der Waals surface area contributed by atoms with E-state index in [-0.39, 0.29) is 24.3 Å². The highest BCUT2D eigenvalue weighted by Crippen LogP contribution is 2.04. The van der Waals surface area contributed by atoms with Crippen LogP contribution >= 0.6 is 11.6 Å². The van der Waals surface area contributed by atoms with E-state index in [4.69, 9.17) is 16.7 Å². The van der Waals surface area contributed by atoms with E-state index in [9.17, 15) is 8.42 Å². The van der Waals surface area contributed by atoms with Crippen molar-refractivity contribution < 1.29 is 13.5 Å². The molecule has 0 bridgehead atoms. The van der Waals surface area contributed by atoms with Crippen molar-refractivity contribution in [3.63, 3.8) is 0 Å². The summed E-state index contributed by atoms with van der Waals surface area (Å²) in [5.74, 6) is 0.348. The molecule has 0 heterocycles. The molecule has 92 valence electrons. The normalized spacial score (nSPS) is 16.3. The van der Waals surface area contributed by atoms with Crippen LogP contribution in [-0.2, 0) is 10.0 Å². The fourth-order valence-electron chi connectivity index (χ4n) is 1.23. The molecule has 0 aliphatic heterocycles. The first kappa shape index (κ1) is 15.2. The zero-order valence-electron chi connectivity index (χ0n) is 9.24. The molecule has 0 rings (SSSR count). The molecule has 0 aromatic rings. The summed E-state index contributed by atoms with van der Waals surface area (Å²) in [4.78, 5) is 0. The fourth-order valence-corrected chi connectivity index (χ4v) is 3.16. The summed E-state index contributed by atoms with van der Waals surface area (Å²) in [6.07, 6.45) is 1.25. The Bertz CT molecular complexity index is 256. The summed E-state index contributed by atoms with van der Waals surface area (Å²) in [5.41, 5.74) is 0. The highest BCUT2D eigenvalue weighted by Gasteiger charge is 2.17. The third kappa shape index (κ3) is 8.02. The zero-order valence-corrected chi connectivity index (χ0v) is 10.8. The van der Waals surface area contributed by atoms with Crippen LogP contribution in [0.3, 0.4) is 0 Å².